The number of esters is 1. The summed E-state index contributed by atoms with van der Waals surface area (Å²) in [5.74, 6) is -1.33. The Kier molecular flexibility index (Phi) is 7.38. The van der Waals surface area contributed by atoms with Crippen LogP contribution in [0.3, 0.4) is 0 Å². The molecule has 2 aromatic rings. The van der Waals surface area contributed by atoms with Gasteiger partial charge in [0.05, 0.1) is 11.3 Å². The number of nitrogens with one attached hydrogen (secondary N) is 2. The Labute approximate surface area is 176 Å². The predicted molar refractivity (Wildman–Crippen MR) is 116 cm³/mol. The molecule has 2 N–H and O–H groups in total. The monoisotopic (exact) mass is 406 g/mol. The number of amides is 2. The molecule has 0 heterocycles. The number of carbonyl (C=O) groups excluding carboxylic acids is 3. The molecule has 0 saturated heterocycles. The zero-order valence-electron chi connectivity index (χ0n) is 17.0. The molecule has 156 valence electrons. The second-order valence-corrected chi connectivity index (χ2v) is 7.40. The number of ether oxygens (including phenoxy) is 1. The lowest BCUT2D eigenvalue weighted by molar-refractivity contribution is -0.142. The van der Waals surface area contributed by atoms with E-state index in [4.69, 9.17) is 4.74 Å². The van der Waals surface area contributed by atoms with Gasteiger partial charge in [0, 0.05) is 12.1 Å². The minimum Gasteiger partial charge on any atom is -0.452 e. The zero-order valence-corrected chi connectivity index (χ0v) is 17.0. The Morgan fingerprint density at radius 2 is 1.73 bits per heavy atom. The van der Waals surface area contributed by atoms with Crippen molar-refractivity contribution in [3.05, 3.63) is 71.3 Å². The van der Waals surface area contributed by atoms with Crippen molar-refractivity contribution in [1.82, 2.24) is 5.32 Å². The van der Waals surface area contributed by atoms with Crippen LogP contribution in [-0.2, 0) is 14.3 Å². The summed E-state index contributed by atoms with van der Waals surface area (Å²) in [5, 5.41) is 5.66. The molecule has 1 fully saturated rings. The van der Waals surface area contributed by atoms with Gasteiger partial charge in [-0.1, -0.05) is 54.8 Å². The third-order valence-electron chi connectivity index (χ3n) is 4.97. The molecule has 1 aliphatic rings. The van der Waals surface area contributed by atoms with Crippen LogP contribution in [0.2, 0.25) is 0 Å². The fraction of sp³-hybridized carbons (Fsp3) is 0.292. The molecule has 6 heteroatoms. The summed E-state index contributed by atoms with van der Waals surface area (Å²) < 4.78 is 4.99. The maximum atomic E-state index is 12.6. The third-order valence-corrected chi connectivity index (χ3v) is 4.97. The van der Waals surface area contributed by atoms with Crippen LogP contribution in [0.5, 0.6) is 0 Å². The van der Waals surface area contributed by atoms with E-state index < -0.39 is 18.5 Å². The van der Waals surface area contributed by atoms with E-state index in [0.29, 0.717) is 11.3 Å². The highest BCUT2D eigenvalue weighted by Gasteiger charge is 2.20. The average Bonchev–Trinajstić information content (AvgIpc) is 3.25. The van der Waals surface area contributed by atoms with Crippen LogP contribution in [-0.4, -0.2) is 30.4 Å². The molecule has 2 amide bonds. The van der Waals surface area contributed by atoms with E-state index >= 15 is 0 Å². The number of aryl methyl sites for hydroxylation is 1. The molecule has 0 spiro atoms. The lowest BCUT2D eigenvalue weighted by Crippen LogP contribution is -2.33. The van der Waals surface area contributed by atoms with Crippen molar-refractivity contribution in [1.29, 1.82) is 0 Å². The van der Waals surface area contributed by atoms with Gasteiger partial charge in [0.15, 0.2) is 6.61 Å². The summed E-state index contributed by atoms with van der Waals surface area (Å²) in [7, 11) is 0. The van der Waals surface area contributed by atoms with Crippen molar-refractivity contribution >= 4 is 29.5 Å². The average molecular weight is 406 g/mol. The normalized spacial score (nSPS) is 13.9. The van der Waals surface area contributed by atoms with Gasteiger partial charge in [0.1, 0.15) is 0 Å². The highest BCUT2D eigenvalue weighted by Crippen LogP contribution is 2.20. The summed E-state index contributed by atoms with van der Waals surface area (Å²) >= 11 is 0. The molecular formula is C24H26N2O4. The lowest BCUT2D eigenvalue weighted by Gasteiger charge is -2.15. The van der Waals surface area contributed by atoms with Crippen molar-refractivity contribution in [2.45, 2.75) is 38.6 Å². The maximum Gasteiger partial charge on any atom is 0.331 e. The first-order valence-electron chi connectivity index (χ1n) is 10.1. The van der Waals surface area contributed by atoms with Crippen LogP contribution in [0.15, 0.2) is 54.6 Å². The van der Waals surface area contributed by atoms with Crippen LogP contribution in [0.4, 0.5) is 5.69 Å². The molecule has 0 atom stereocenters. The number of carbonyl (C=O) groups is 3. The second kappa shape index (κ2) is 10.4. The van der Waals surface area contributed by atoms with Crippen LogP contribution in [0.25, 0.3) is 6.08 Å². The van der Waals surface area contributed by atoms with Crippen LogP contribution in [0, 0.1) is 6.92 Å². The van der Waals surface area contributed by atoms with Crippen LogP contribution in [0.1, 0.15) is 47.2 Å². The van der Waals surface area contributed by atoms with Gasteiger partial charge < -0.3 is 15.4 Å². The number of benzene rings is 2. The Morgan fingerprint density at radius 1 is 1.03 bits per heavy atom. The molecule has 1 saturated carbocycles. The smallest absolute Gasteiger partial charge is 0.331 e. The Balaban J connectivity index is 1.51. The number of hydrogen-bond acceptors (Lipinski definition) is 4. The van der Waals surface area contributed by atoms with Crippen molar-refractivity contribution in [3.8, 4) is 0 Å². The third kappa shape index (κ3) is 6.30. The van der Waals surface area contributed by atoms with Crippen molar-refractivity contribution in [2.24, 2.45) is 0 Å². The van der Waals surface area contributed by atoms with E-state index in [0.717, 1.165) is 36.8 Å². The maximum absolute atomic E-state index is 12.6. The molecule has 30 heavy (non-hydrogen) atoms. The molecule has 3 rings (SSSR count). The van der Waals surface area contributed by atoms with Gasteiger partial charge in [-0.25, -0.2) is 4.79 Å². The summed E-state index contributed by atoms with van der Waals surface area (Å²) in [6, 6.07) is 14.6. The molecule has 0 aliphatic heterocycles. The van der Waals surface area contributed by atoms with E-state index in [1.807, 2.05) is 31.2 Å². The van der Waals surface area contributed by atoms with Gasteiger partial charge in [-0.2, -0.15) is 0 Å². The molecule has 0 aromatic heterocycles. The lowest BCUT2D eigenvalue weighted by atomic mass is 10.1. The first-order valence-corrected chi connectivity index (χ1v) is 10.1. The highest BCUT2D eigenvalue weighted by atomic mass is 16.5. The van der Waals surface area contributed by atoms with Gasteiger partial charge in [-0.15, -0.1) is 0 Å². The number of hydrogen-bond donors (Lipinski definition) is 2. The van der Waals surface area contributed by atoms with Gasteiger partial charge in [0.2, 0.25) is 0 Å². The molecule has 1 aliphatic carbocycles. The van der Waals surface area contributed by atoms with E-state index in [9.17, 15) is 14.4 Å². The number of para-hydroxylation sites is 1. The fourth-order valence-corrected chi connectivity index (χ4v) is 3.34. The van der Waals surface area contributed by atoms with Crippen molar-refractivity contribution in [2.75, 3.05) is 11.9 Å². The first kappa shape index (κ1) is 21.3. The minimum atomic E-state index is -0.613. The van der Waals surface area contributed by atoms with Gasteiger partial charge in [-0.05, 0) is 43.5 Å². The molecule has 2 aromatic carbocycles. The summed E-state index contributed by atoms with van der Waals surface area (Å²) in [4.78, 5) is 36.6. The first-order chi connectivity index (χ1) is 14.5. The SMILES string of the molecule is Cc1ccc(/C=C/C(=O)OCC(=O)Nc2ccccc2C(=O)NC2CCCC2)cc1. The van der Waals surface area contributed by atoms with Crippen molar-refractivity contribution in [3.63, 3.8) is 0 Å². The predicted octanol–water partition coefficient (Wildman–Crippen LogP) is 3.86. The largest absolute Gasteiger partial charge is 0.452 e. The standard InChI is InChI=1S/C24H26N2O4/c1-17-10-12-18(13-11-17)14-15-23(28)30-16-22(27)26-21-9-5-4-8-20(21)24(29)25-19-6-2-3-7-19/h4-5,8-15,19H,2-3,6-7,16H2,1H3,(H,25,29)(H,26,27)/b15-14+. The van der Waals surface area contributed by atoms with E-state index in [1.54, 1.807) is 30.3 Å². The van der Waals surface area contributed by atoms with Crippen LogP contribution < -0.4 is 10.6 Å². The minimum absolute atomic E-state index is 0.183. The number of anilines is 1. The van der Waals surface area contributed by atoms with Crippen molar-refractivity contribution < 1.29 is 19.1 Å². The van der Waals surface area contributed by atoms with E-state index in [2.05, 4.69) is 10.6 Å². The second-order valence-electron chi connectivity index (χ2n) is 7.40. The van der Waals surface area contributed by atoms with Gasteiger partial charge >= 0.3 is 5.97 Å². The van der Waals surface area contributed by atoms with Gasteiger partial charge in [0.25, 0.3) is 11.8 Å². The Morgan fingerprint density at radius 3 is 2.47 bits per heavy atom. The highest BCUT2D eigenvalue weighted by molar-refractivity contribution is 6.04. The van der Waals surface area contributed by atoms with Gasteiger partial charge in [-0.3, -0.25) is 9.59 Å². The number of rotatable bonds is 7. The molecular weight excluding hydrogens is 380 g/mol. The molecule has 0 radical (unpaired) electrons. The Bertz CT molecular complexity index is 928. The quantitative estimate of drug-likeness (QED) is 0.540. The fourth-order valence-electron chi connectivity index (χ4n) is 3.34. The molecule has 0 bridgehead atoms. The summed E-state index contributed by atoms with van der Waals surface area (Å²) in [6.45, 7) is 1.55. The summed E-state index contributed by atoms with van der Waals surface area (Å²) in [6.07, 6.45) is 7.10. The molecule has 0 unspecified atom stereocenters. The zero-order chi connectivity index (χ0) is 21.3. The van der Waals surface area contributed by atoms with E-state index in [-0.39, 0.29) is 11.9 Å². The van der Waals surface area contributed by atoms with E-state index in [1.165, 1.54) is 6.08 Å². The molecule has 6 nitrogen and oxygen atoms in total. The topological polar surface area (TPSA) is 84.5 Å². The Hall–Kier alpha value is -3.41. The summed E-state index contributed by atoms with van der Waals surface area (Å²) in [5.41, 5.74) is 2.78. The van der Waals surface area contributed by atoms with Crippen LogP contribution >= 0.6 is 0 Å².